The number of benzene rings is 1. The second-order valence-electron chi connectivity index (χ2n) is 5.86. The Bertz CT molecular complexity index is 672. The van der Waals surface area contributed by atoms with Crippen molar-refractivity contribution < 1.29 is 18.3 Å². The van der Waals surface area contributed by atoms with Gasteiger partial charge in [-0.25, -0.2) is 13.2 Å². The van der Waals surface area contributed by atoms with Crippen molar-refractivity contribution in [1.29, 1.82) is 0 Å². The number of nitrogens with zero attached hydrogens (tertiary/aromatic N) is 2. The number of aryl methyl sites for hydroxylation is 1. The van der Waals surface area contributed by atoms with Gasteiger partial charge in [-0.1, -0.05) is 6.07 Å². The largest absolute Gasteiger partial charge is 0.478 e. The molecule has 7 heteroatoms. The number of sulfonamides is 1. The van der Waals surface area contributed by atoms with E-state index in [2.05, 4.69) is 4.90 Å². The molecular weight excluding hydrogens is 304 g/mol. The summed E-state index contributed by atoms with van der Waals surface area (Å²) < 4.78 is 26.9. The molecule has 0 aliphatic carbocycles. The van der Waals surface area contributed by atoms with E-state index in [1.807, 2.05) is 7.05 Å². The Kier molecular flexibility index (Phi) is 4.89. The summed E-state index contributed by atoms with van der Waals surface area (Å²) in [5, 5.41) is 9.16. The number of piperidine rings is 1. The number of hydrogen-bond acceptors (Lipinski definition) is 4. The molecule has 1 aromatic rings. The van der Waals surface area contributed by atoms with E-state index in [0.29, 0.717) is 12.1 Å². The molecule has 1 aliphatic rings. The third-order valence-electron chi connectivity index (χ3n) is 4.23. The Labute approximate surface area is 131 Å². The fraction of sp³-hybridized carbons (Fsp3) is 0.533. The van der Waals surface area contributed by atoms with Crippen LogP contribution in [0.1, 0.15) is 28.8 Å². The van der Waals surface area contributed by atoms with Crippen LogP contribution in [0.2, 0.25) is 0 Å². The number of rotatable bonds is 4. The summed E-state index contributed by atoms with van der Waals surface area (Å²) in [6.45, 7) is 3.31. The van der Waals surface area contributed by atoms with Crippen LogP contribution >= 0.6 is 0 Å². The zero-order chi connectivity index (χ0) is 16.5. The molecule has 1 aliphatic heterocycles. The maximum Gasteiger partial charge on any atom is 0.335 e. The number of likely N-dealkylation sites (tertiary alicyclic amines) is 1. The average molecular weight is 326 g/mol. The van der Waals surface area contributed by atoms with Gasteiger partial charge in [0.05, 0.1) is 10.5 Å². The topological polar surface area (TPSA) is 77.9 Å². The molecule has 1 saturated heterocycles. The molecule has 0 aromatic heterocycles. The van der Waals surface area contributed by atoms with Gasteiger partial charge in [-0.05, 0) is 51.1 Å². The minimum atomic E-state index is -3.69. The Morgan fingerprint density at radius 1 is 1.41 bits per heavy atom. The van der Waals surface area contributed by atoms with Crippen LogP contribution in [0.15, 0.2) is 23.1 Å². The third-order valence-corrected chi connectivity index (χ3v) is 6.14. The molecule has 0 bridgehead atoms. The van der Waals surface area contributed by atoms with Gasteiger partial charge in [0.1, 0.15) is 0 Å². The van der Waals surface area contributed by atoms with Crippen LogP contribution in [-0.2, 0) is 10.0 Å². The van der Waals surface area contributed by atoms with E-state index < -0.39 is 16.0 Å². The van der Waals surface area contributed by atoms with Crippen LogP contribution in [0, 0.1) is 6.92 Å². The van der Waals surface area contributed by atoms with Crippen molar-refractivity contribution in [1.82, 2.24) is 9.21 Å². The maximum atomic E-state index is 12.7. The van der Waals surface area contributed by atoms with E-state index in [0.717, 1.165) is 19.4 Å². The Balaban J connectivity index is 2.33. The zero-order valence-corrected chi connectivity index (χ0v) is 13.9. The van der Waals surface area contributed by atoms with E-state index in [9.17, 15) is 13.2 Å². The van der Waals surface area contributed by atoms with Gasteiger partial charge in [0.15, 0.2) is 0 Å². The first-order valence-electron chi connectivity index (χ1n) is 7.24. The van der Waals surface area contributed by atoms with Gasteiger partial charge in [-0.3, -0.25) is 0 Å². The van der Waals surface area contributed by atoms with E-state index in [1.54, 1.807) is 14.0 Å². The van der Waals surface area contributed by atoms with Crippen LogP contribution in [0.25, 0.3) is 0 Å². The second kappa shape index (κ2) is 6.36. The molecule has 1 heterocycles. The van der Waals surface area contributed by atoms with Gasteiger partial charge < -0.3 is 10.0 Å². The van der Waals surface area contributed by atoms with E-state index in [1.165, 1.54) is 22.5 Å². The second-order valence-corrected chi connectivity index (χ2v) is 7.86. The lowest BCUT2D eigenvalue weighted by Gasteiger charge is -2.35. The first kappa shape index (κ1) is 16.9. The third kappa shape index (κ3) is 3.31. The van der Waals surface area contributed by atoms with E-state index in [-0.39, 0.29) is 16.5 Å². The first-order valence-corrected chi connectivity index (χ1v) is 8.68. The molecule has 1 atom stereocenters. The lowest BCUT2D eigenvalue weighted by Crippen LogP contribution is -2.47. The highest BCUT2D eigenvalue weighted by atomic mass is 32.2. The molecule has 0 amide bonds. The number of carboxylic acids is 1. The lowest BCUT2D eigenvalue weighted by atomic mass is 10.1. The minimum Gasteiger partial charge on any atom is -0.478 e. The summed E-state index contributed by atoms with van der Waals surface area (Å²) in [7, 11) is -0.149. The smallest absolute Gasteiger partial charge is 0.335 e. The predicted octanol–water partition coefficient (Wildman–Crippen LogP) is 1.41. The fourth-order valence-electron chi connectivity index (χ4n) is 2.79. The van der Waals surface area contributed by atoms with Crippen molar-refractivity contribution in [3.63, 3.8) is 0 Å². The Morgan fingerprint density at radius 2 is 2.09 bits per heavy atom. The molecular formula is C15H22N2O4S. The van der Waals surface area contributed by atoms with Crippen LogP contribution in [-0.4, -0.2) is 61.9 Å². The number of carbonyl (C=O) groups is 1. The molecule has 1 unspecified atom stereocenters. The van der Waals surface area contributed by atoms with Crippen molar-refractivity contribution in [3.05, 3.63) is 29.3 Å². The molecule has 6 nitrogen and oxygen atoms in total. The van der Waals surface area contributed by atoms with Crippen LogP contribution < -0.4 is 0 Å². The number of likely N-dealkylation sites (N-methyl/N-ethyl adjacent to an activating group) is 2. The molecule has 122 valence electrons. The number of aromatic carboxylic acids is 1. The molecule has 0 saturated carbocycles. The lowest BCUT2D eigenvalue weighted by molar-refractivity contribution is 0.0696. The highest BCUT2D eigenvalue weighted by Crippen LogP contribution is 2.23. The van der Waals surface area contributed by atoms with Gasteiger partial charge in [0, 0.05) is 19.6 Å². The summed E-state index contributed by atoms with van der Waals surface area (Å²) in [5.74, 6) is -1.12. The van der Waals surface area contributed by atoms with Crippen LogP contribution in [0.3, 0.4) is 0 Å². The van der Waals surface area contributed by atoms with Gasteiger partial charge in [-0.2, -0.15) is 4.31 Å². The van der Waals surface area contributed by atoms with Gasteiger partial charge in [-0.15, -0.1) is 0 Å². The van der Waals surface area contributed by atoms with Gasteiger partial charge >= 0.3 is 5.97 Å². The molecule has 2 rings (SSSR count). The summed E-state index contributed by atoms with van der Waals surface area (Å²) in [5.41, 5.74) is 0.571. The monoisotopic (exact) mass is 326 g/mol. The predicted molar refractivity (Wildman–Crippen MR) is 83.6 cm³/mol. The summed E-state index contributed by atoms with van der Waals surface area (Å²) in [6.07, 6.45) is 1.77. The maximum absolute atomic E-state index is 12.7. The Morgan fingerprint density at radius 3 is 2.68 bits per heavy atom. The fourth-order valence-corrected chi connectivity index (χ4v) is 4.19. The van der Waals surface area contributed by atoms with Crippen molar-refractivity contribution in [2.45, 2.75) is 30.7 Å². The molecule has 1 aromatic carbocycles. The summed E-state index contributed by atoms with van der Waals surface area (Å²) in [6, 6.07) is 4.17. The molecule has 0 radical (unpaired) electrons. The average Bonchev–Trinajstić information content (AvgIpc) is 2.46. The number of hydrogen-bond donors (Lipinski definition) is 1. The van der Waals surface area contributed by atoms with Crippen LogP contribution in [0.4, 0.5) is 0 Å². The van der Waals surface area contributed by atoms with Crippen molar-refractivity contribution >= 4 is 16.0 Å². The quantitative estimate of drug-likeness (QED) is 0.905. The van der Waals surface area contributed by atoms with E-state index >= 15 is 0 Å². The zero-order valence-electron chi connectivity index (χ0n) is 13.1. The SMILES string of the molecule is Cc1ccc(S(=O)(=O)N(C)C2CCCN(C)C2)cc1C(=O)O. The number of carboxylic acid groups (broad SMARTS) is 1. The van der Waals surface area contributed by atoms with Gasteiger partial charge in [0.25, 0.3) is 0 Å². The minimum absolute atomic E-state index is 0.0234. The molecule has 22 heavy (non-hydrogen) atoms. The molecule has 0 spiro atoms. The highest BCUT2D eigenvalue weighted by molar-refractivity contribution is 7.89. The molecule has 1 fully saturated rings. The van der Waals surface area contributed by atoms with Crippen molar-refractivity contribution in [2.24, 2.45) is 0 Å². The normalized spacial score (nSPS) is 20.3. The summed E-state index contributed by atoms with van der Waals surface area (Å²) >= 11 is 0. The van der Waals surface area contributed by atoms with Crippen LogP contribution in [0.5, 0.6) is 0 Å². The van der Waals surface area contributed by atoms with Crippen molar-refractivity contribution in [3.8, 4) is 0 Å². The van der Waals surface area contributed by atoms with Crippen molar-refractivity contribution in [2.75, 3.05) is 27.2 Å². The van der Waals surface area contributed by atoms with Gasteiger partial charge in [0.2, 0.25) is 10.0 Å². The standard InChI is InChI=1S/C15H22N2O4S/c1-11-6-7-13(9-14(11)15(18)19)22(20,21)17(3)12-5-4-8-16(2)10-12/h6-7,9,12H,4-5,8,10H2,1-3H3,(H,18,19). The first-order chi connectivity index (χ1) is 10.2. The van der Waals surface area contributed by atoms with E-state index in [4.69, 9.17) is 5.11 Å². The summed E-state index contributed by atoms with van der Waals surface area (Å²) in [4.78, 5) is 13.3. The molecule has 1 N–H and O–H groups in total. The highest BCUT2D eigenvalue weighted by Gasteiger charge is 2.31. The Hall–Kier alpha value is -1.44.